The van der Waals surface area contributed by atoms with Gasteiger partial charge < -0.3 is 9.53 Å². The van der Waals surface area contributed by atoms with Crippen LogP contribution in [0.4, 0.5) is 0 Å². The molecule has 0 aromatic heterocycles. The fourth-order valence-corrected chi connectivity index (χ4v) is 10.4. The normalized spacial score (nSPS) is 48.0. The maximum atomic E-state index is 10.5. The highest BCUT2D eigenvalue weighted by atomic mass is 28.4. The molecule has 0 aromatic carbocycles. The highest BCUT2D eigenvalue weighted by molar-refractivity contribution is 6.74. The second-order valence-corrected chi connectivity index (χ2v) is 19.9. The Morgan fingerprint density at radius 3 is 2.28 bits per heavy atom. The Morgan fingerprint density at radius 1 is 0.938 bits per heavy atom. The topological polar surface area (TPSA) is 29.5 Å². The highest BCUT2D eigenvalue weighted by Crippen LogP contribution is 2.71. The van der Waals surface area contributed by atoms with Gasteiger partial charge in [-0.25, -0.2) is 0 Å². The summed E-state index contributed by atoms with van der Waals surface area (Å²) in [5.74, 6) is 4.21. The van der Waals surface area contributed by atoms with Crippen molar-refractivity contribution < 1.29 is 9.53 Å². The molecule has 0 unspecified atom stereocenters. The first-order valence-electron chi connectivity index (χ1n) is 14.0. The Labute approximate surface area is 200 Å². The summed E-state index contributed by atoms with van der Waals surface area (Å²) in [6.45, 7) is 23.2. The Kier molecular flexibility index (Phi) is 6.38. The average molecular weight is 463 g/mol. The molecule has 0 aliphatic heterocycles. The lowest BCUT2D eigenvalue weighted by Gasteiger charge is -2.65. The van der Waals surface area contributed by atoms with Gasteiger partial charge in [0.25, 0.3) is 0 Å². The largest absolute Gasteiger partial charge is 0.417 e. The molecule has 9 atom stereocenters. The molecule has 186 valence electrons. The van der Waals surface area contributed by atoms with Crippen LogP contribution in [0.1, 0.15) is 106 Å². The second kappa shape index (κ2) is 8.09. The van der Waals surface area contributed by atoms with E-state index >= 15 is 0 Å². The molecule has 3 heteroatoms. The minimum atomic E-state index is -1.68. The molecule has 0 radical (unpaired) electrons. The summed E-state index contributed by atoms with van der Waals surface area (Å²) in [6.07, 6.45) is 11.7. The van der Waals surface area contributed by atoms with Crippen molar-refractivity contribution in [3.05, 3.63) is 0 Å². The van der Waals surface area contributed by atoms with E-state index in [4.69, 9.17) is 4.43 Å². The van der Waals surface area contributed by atoms with Gasteiger partial charge in [-0.2, -0.15) is 0 Å². The van der Waals surface area contributed by atoms with E-state index in [0.29, 0.717) is 27.2 Å². The van der Waals surface area contributed by atoms with Gasteiger partial charge in [-0.15, -0.1) is 0 Å². The molecule has 0 amide bonds. The summed E-state index contributed by atoms with van der Waals surface area (Å²) in [5, 5.41) is 10.8. The molecule has 4 saturated carbocycles. The molecule has 0 aromatic rings. The van der Waals surface area contributed by atoms with Gasteiger partial charge in [-0.1, -0.05) is 48.5 Å². The van der Waals surface area contributed by atoms with Crippen molar-refractivity contribution in [2.75, 3.05) is 6.61 Å². The zero-order valence-corrected chi connectivity index (χ0v) is 23.9. The first kappa shape index (κ1) is 25.2. The Morgan fingerprint density at radius 2 is 1.62 bits per heavy atom. The van der Waals surface area contributed by atoms with Crippen LogP contribution in [0.25, 0.3) is 0 Å². The lowest BCUT2D eigenvalue weighted by molar-refractivity contribution is -0.171. The monoisotopic (exact) mass is 462 g/mol. The molecule has 4 fully saturated rings. The maximum absolute atomic E-state index is 10.5. The van der Waals surface area contributed by atoms with Crippen LogP contribution in [0.5, 0.6) is 0 Å². The van der Waals surface area contributed by atoms with Gasteiger partial charge in [0.2, 0.25) is 0 Å². The number of hydrogen-bond donors (Lipinski definition) is 1. The molecule has 4 rings (SSSR count). The summed E-state index contributed by atoms with van der Waals surface area (Å²) in [5.41, 5.74) is 1.29. The number of rotatable bonds is 4. The van der Waals surface area contributed by atoms with E-state index in [1.54, 1.807) is 0 Å². The maximum Gasteiger partial charge on any atom is 0.191 e. The minimum Gasteiger partial charge on any atom is -0.417 e. The molecule has 0 bridgehead atoms. The van der Waals surface area contributed by atoms with Crippen molar-refractivity contribution >= 4 is 8.32 Å². The second-order valence-electron chi connectivity index (χ2n) is 15.1. The van der Waals surface area contributed by atoms with Gasteiger partial charge in [0.05, 0.1) is 6.10 Å². The van der Waals surface area contributed by atoms with E-state index in [1.165, 1.54) is 44.9 Å². The summed E-state index contributed by atoms with van der Waals surface area (Å²) in [6, 6.07) is 0. The van der Waals surface area contributed by atoms with Crippen molar-refractivity contribution in [1.82, 2.24) is 0 Å². The van der Waals surface area contributed by atoms with Crippen LogP contribution in [0.3, 0.4) is 0 Å². The third-order valence-corrected chi connectivity index (χ3v) is 17.1. The van der Waals surface area contributed by atoms with E-state index in [9.17, 15) is 5.11 Å². The number of fused-ring (bicyclic) bond motifs is 5. The van der Waals surface area contributed by atoms with Crippen LogP contribution in [-0.2, 0) is 4.43 Å². The van der Waals surface area contributed by atoms with Crippen LogP contribution in [0, 0.1) is 45.8 Å². The third-order valence-electron chi connectivity index (χ3n) is 12.6. The van der Waals surface area contributed by atoms with Crippen molar-refractivity contribution in [2.45, 2.75) is 130 Å². The standard InChI is InChI=1S/C29H54O2Si/c1-20(19-31-32(8,9)26(2,3)4)23-10-11-24-22-13-15-27(5)18-21(30)12-17-29(27,7)25(22)14-16-28(23,24)6/h20-25,30H,10-19H2,1-9H3/t20-,21+,22+,23-,24+,25+,27+,28-,29-/m1/s1. The van der Waals surface area contributed by atoms with Crippen LogP contribution in [0.2, 0.25) is 18.1 Å². The van der Waals surface area contributed by atoms with Crippen LogP contribution < -0.4 is 0 Å². The van der Waals surface area contributed by atoms with E-state index in [1.807, 2.05) is 0 Å². The SMILES string of the molecule is C[C@H](CO[Si](C)(C)C(C)(C)C)[C@H]1CC[C@H]2[C@@H]3CC[C@@]4(C)C[C@@H](O)CC[C@]4(C)[C@H]3CC[C@]12C. The number of aliphatic hydroxyl groups is 1. The summed E-state index contributed by atoms with van der Waals surface area (Å²) in [4.78, 5) is 0. The van der Waals surface area contributed by atoms with Gasteiger partial charge in [-0.05, 0) is 122 Å². The van der Waals surface area contributed by atoms with Crippen LogP contribution in [-0.4, -0.2) is 26.1 Å². The van der Waals surface area contributed by atoms with E-state index in [0.717, 1.165) is 43.1 Å². The van der Waals surface area contributed by atoms with Gasteiger partial charge in [0.15, 0.2) is 8.32 Å². The van der Waals surface area contributed by atoms with Crippen LogP contribution in [0.15, 0.2) is 0 Å². The van der Waals surface area contributed by atoms with Gasteiger partial charge >= 0.3 is 0 Å². The third kappa shape index (κ3) is 3.79. The Hall–Kier alpha value is 0.137. The molecule has 0 heterocycles. The predicted octanol–water partition coefficient (Wildman–Crippen LogP) is 8.05. The Bertz CT molecular complexity index is 698. The molecule has 32 heavy (non-hydrogen) atoms. The quantitative estimate of drug-likeness (QED) is 0.428. The molecule has 2 nitrogen and oxygen atoms in total. The first-order valence-corrected chi connectivity index (χ1v) is 16.9. The lowest BCUT2D eigenvalue weighted by atomic mass is 9.40. The molecule has 0 spiro atoms. The van der Waals surface area contributed by atoms with E-state index in [-0.39, 0.29) is 6.10 Å². The van der Waals surface area contributed by atoms with E-state index < -0.39 is 8.32 Å². The number of aliphatic hydroxyl groups excluding tert-OH is 1. The lowest BCUT2D eigenvalue weighted by Crippen LogP contribution is -2.58. The van der Waals surface area contributed by atoms with Crippen molar-refractivity contribution in [3.63, 3.8) is 0 Å². The molecular formula is C29H54O2Si. The summed E-state index contributed by atoms with van der Waals surface area (Å²) in [7, 11) is -1.68. The van der Waals surface area contributed by atoms with Gasteiger partial charge in [0.1, 0.15) is 0 Å². The average Bonchev–Trinajstić information content (AvgIpc) is 3.03. The summed E-state index contributed by atoms with van der Waals surface area (Å²) < 4.78 is 6.72. The number of hydrogen-bond acceptors (Lipinski definition) is 2. The first-order chi connectivity index (χ1) is 14.6. The predicted molar refractivity (Wildman–Crippen MR) is 138 cm³/mol. The zero-order valence-electron chi connectivity index (χ0n) is 22.9. The van der Waals surface area contributed by atoms with Crippen LogP contribution >= 0.6 is 0 Å². The van der Waals surface area contributed by atoms with Crippen molar-refractivity contribution in [3.8, 4) is 0 Å². The molecule has 4 aliphatic rings. The van der Waals surface area contributed by atoms with E-state index in [2.05, 4.69) is 61.6 Å². The minimum absolute atomic E-state index is 0.0592. The Balaban J connectivity index is 1.48. The molecular weight excluding hydrogens is 408 g/mol. The van der Waals surface area contributed by atoms with Crippen molar-refractivity contribution in [2.24, 2.45) is 45.8 Å². The summed E-state index contributed by atoms with van der Waals surface area (Å²) >= 11 is 0. The molecule has 4 aliphatic carbocycles. The fraction of sp³-hybridized carbons (Fsp3) is 1.00. The van der Waals surface area contributed by atoms with Gasteiger partial charge in [0, 0.05) is 6.61 Å². The highest BCUT2D eigenvalue weighted by Gasteiger charge is 2.63. The smallest absolute Gasteiger partial charge is 0.191 e. The van der Waals surface area contributed by atoms with Crippen molar-refractivity contribution in [1.29, 1.82) is 0 Å². The zero-order chi connectivity index (χ0) is 23.7. The van der Waals surface area contributed by atoms with Gasteiger partial charge in [-0.3, -0.25) is 0 Å². The molecule has 1 N–H and O–H groups in total. The fourth-order valence-electron chi connectivity index (χ4n) is 9.26. The molecule has 0 saturated heterocycles.